The van der Waals surface area contributed by atoms with Gasteiger partial charge < -0.3 is 14.5 Å². The molecule has 1 heterocycles. The van der Waals surface area contributed by atoms with Crippen molar-refractivity contribution in [2.45, 2.75) is 33.1 Å². The second-order valence-corrected chi connectivity index (χ2v) is 7.20. The summed E-state index contributed by atoms with van der Waals surface area (Å²) < 4.78 is 5.74. The number of amides is 1. The van der Waals surface area contributed by atoms with Crippen molar-refractivity contribution in [2.24, 2.45) is 0 Å². The maximum atomic E-state index is 12.2. The molecule has 22 heavy (non-hydrogen) atoms. The molecule has 122 valence electrons. The third-order valence-electron chi connectivity index (χ3n) is 4.25. The number of hydrogen-bond donors (Lipinski definition) is 0. The smallest absolute Gasteiger partial charge is 0.260 e. The van der Waals surface area contributed by atoms with Crippen LogP contribution in [0.3, 0.4) is 0 Å². The highest BCUT2D eigenvalue weighted by atomic mass is 16.5. The molecule has 1 aromatic carbocycles. The van der Waals surface area contributed by atoms with Crippen LogP contribution in [0.4, 0.5) is 0 Å². The molecule has 1 aliphatic heterocycles. The molecule has 1 aliphatic rings. The van der Waals surface area contributed by atoms with Crippen LogP contribution in [-0.2, 0) is 10.2 Å². The van der Waals surface area contributed by atoms with Gasteiger partial charge in [-0.2, -0.15) is 0 Å². The average molecular weight is 304 g/mol. The Morgan fingerprint density at radius 3 is 2.36 bits per heavy atom. The van der Waals surface area contributed by atoms with E-state index in [9.17, 15) is 4.79 Å². The molecule has 1 fully saturated rings. The Kier molecular flexibility index (Phi) is 5.12. The van der Waals surface area contributed by atoms with Gasteiger partial charge in [0.15, 0.2) is 6.61 Å². The summed E-state index contributed by atoms with van der Waals surface area (Å²) in [5.41, 5.74) is 2.49. The van der Waals surface area contributed by atoms with Crippen LogP contribution in [0.15, 0.2) is 18.2 Å². The number of aryl methyl sites for hydroxylation is 1. The van der Waals surface area contributed by atoms with Gasteiger partial charge in [-0.3, -0.25) is 4.79 Å². The van der Waals surface area contributed by atoms with E-state index in [0.29, 0.717) is 0 Å². The molecule has 2 rings (SSSR count). The maximum Gasteiger partial charge on any atom is 0.260 e. The lowest BCUT2D eigenvalue weighted by Crippen LogP contribution is -2.48. The number of nitrogens with zero attached hydrogens (tertiary/aromatic N) is 2. The van der Waals surface area contributed by atoms with Gasteiger partial charge in [-0.25, -0.2) is 0 Å². The highest BCUT2D eigenvalue weighted by molar-refractivity contribution is 5.78. The highest BCUT2D eigenvalue weighted by Gasteiger charge is 2.20. The largest absolute Gasteiger partial charge is 0.484 e. The lowest BCUT2D eigenvalue weighted by molar-refractivity contribution is -0.134. The molecule has 0 aliphatic carbocycles. The number of piperazine rings is 1. The molecule has 4 heteroatoms. The summed E-state index contributed by atoms with van der Waals surface area (Å²) in [4.78, 5) is 16.3. The Bertz CT molecular complexity index is 526. The molecule has 1 aromatic rings. The van der Waals surface area contributed by atoms with Crippen LogP contribution in [0.1, 0.15) is 31.9 Å². The first-order valence-electron chi connectivity index (χ1n) is 7.97. The highest BCUT2D eigenvalue weighted by Crippen LogP contribution is 2.27. The van der Waals surface area contributed by atoms with Gasteiger partial charge >= 0.3 is 0 Å². The van der Waals surface area contributed by atoms with E-state index in [1.165, 1.54) is 5.56 Å². The third kappa shape index (κ3) is 4.23. The minimum atomic E-state index is 0.0763. The number of ether oxygens (including phenoxy) is 1. The van der Waals surface area contributed by atoms with E-state index in [1.807, 2.05) is 17.9 Å². The van der Waals surface area contributed by atoms with Gasteiger partial charge in [-0.1, -0.05) is 32.9 Å². The van der Waals surface area contributed by atoms with E-state index in [1.54, 1.807) is 0 Å². The number of benzene rings is 1. The van der Waals surface area contributed by atoms with Crippen molar-refractivity contribution in [3.05, 3.63) is 29.3 Å². The maximum absolute atomic E-state index is 12.2. The monoisotopic (exact) mass is 304 g/mol. The lowest BCUT2D eigenvalue weighted by Gasteiger charge is -2.32. The first-order valence-corrected chi connectivity index (χ1v) is 7.97. The molecule has 0 aromatic heterocycles. The van der Waals surface area contributed by atoms with Crippen LogP contribution >= 0.6 is 0 Å². The Morgan fingerprint density at radius 1 is 1.18 bits per heavy atom. The molecule has 0 bridgehead atoms. The van der Waals surface area contributed by atoms with Crippen molar-refractivity contribution in [2.75, 3.05) is 39.8 Å². The molecule has 1 saturated heterocycles. The molecule has 4 nitrogen and oxygen atoms in total. The quantitative estimate of drug-likeness (QED) is 0.860. The van der Waals surface area contributed by atoms with E-state index in [-0.39, 0.29) is 17.9 Å². The van der Waals surface area contributed by atoms with E-state index in [2.05, 4.69) is 44.9 Å². The zero-order chi connectivity index (χ0) is 16.3. The number of likely N-dealkylation sites (N-methyl/N-ethyl adjacent to an activating group) is 1. The minimum Gasteiger partial charge on any atom is -0.484 e. The van der Waals surface area contributed by atoms with Crippen molar-refractivity contribution in [3.8, 4) is 5.75 Å². The molecule has 0 radical (unpaired) electrons. The summed E-state index contributed by atoms with van der Waals surface area (Å²) in [6.45, 7) is 12.2. The summed E-state index contributed by atoms with van der Waals surface area (Å²) in [6.07, 6.45) is 0. The Labute approximate surface area is 134 Å². The zero-order valence-electron chi connectivity index (χ0n) is 14.5. The van der Waals surface area contributed by atoms with Crippen molar-refractivity contribution < 1.29 is 9.53 Å². The molecule has 0 atom stereocenters. The van der Waals surface area contributed by atoms with Crippen LogP contribution in [0.2, 0.25) is 0 Å². The summed E-state index contributed by atoms with van der Waals surface area (Å²) in [7, 11) is 2.08. The summed E-state index contributed by atoms with van der Waals surface area (Å²) >= 11 is 0. The van der Waals surface area contributed by atoms with Crippen LogP contribution in [-0.4, -0.2) is 55.5 Å². The van der Waals surface area contributed by atoms with E-state index >= 15 is 0 Å². The molecule has 1 amide bonds. The van der Waals surface area contributed by atoms with Crippen LogP contribution in [0.5, 0.6) is 5.75 Å². The van der Waals surface area contributed by atoms with Gasteiger partial charge in [0.2, 0.25) is 0 Å². The first-order chi connectivity index (χ1) is 10.3. The average Bonchev–Trinajstić information content (AvgIpc) is 2.45. The topological polar surface area (TPSA) is 32.8 Å². The van der Waals surface area contributed by atoms with Crippen LogP contribution in [0.25, 0.3) is 0 Å². The zero-order valence-corrected chi connectivity index (χ0v) is 14.5. The van der Waals surface area contributed by atoms with Gasteiger partial charge in [0.05, 0.1) is 0 Å². The molecular formula is C18H28N2O2. The Morgan fingerprint density at radius 2 is 1.82 bits per heavy atom. The standard InChI is InChI=1S/C18H28N2O2/c1-14-12-15(18(2,3)4)6-7-16(14)22-13-17(21)20-10-8-19(5)9-11-20/h6-7,12H,8-11,13H2,1-5H3. The van der Waals surface area contributed by atoms with Crippen LogP contribution < -0.4 is 4.74 Å². The van der Waals surface area contributed by atoms with Gasteiger partial charge in [0.25, 0.3) is 5.91 Å². The summed E-state index contributed by atoms with van der Waals surface area (Å²) in [5.74, 6) is 0.878. The number of hydrogen-bond acceptors (Lipinski definition) is 3. The molecule has 0 unspecified atom stereocenters. The third-order valence-corrected chi connectivity index (χ3v) is 4.25. The normalized spacial score (nSPS) is 16.7. The predicted octanol–water partition coefficient (Wildman–Crippen LogP) is 2.45. The first kappa shape index (κ1) is 16.8. The van der Waals surface area contributed by atoms with E-state index < -0.39 is 0 Å². The molecular weight excluding hydrogens is 276 g/mol. The SMILES string of the molecule is Cc1cc(C(C)(C)C)ccc1OCC(=O)N1CCN(C)CC1. The molecule has 0 N–H and O–H groups in total. The fraction of sp³-hybridized carbons (Fsp3) is 0.611. The van der Waals surface area contributed by atoms with Crippen molar-refractivity contribution in [1.82, 2.24) is 9.80 Å². The number of rotatable bonds is 3. The number of carbonyl (C=O) groups excluding carboxylic acids is 1. The van der Waals surface area contributed by atoms with Crippen molar-refractivity contribution >= 4 is 5.91 Å². The van der Waals surface area contributed by atoms with Crippen LogP contribution in [0, 0.1) is 6.92 Å². The predicted molar refractivity (Wildman–Crippen MR) is 89.5 cm³/mol. The van der Waals surface area contributed by atoms with Gasteiger partial charge in [-0.05, 0) is 36.6 Å². The van der Waals surface area contributed by atoms with Crippen molar-refractivity contribution in [1.29, 1.82) is 0 Å². The Balaban J connectivity index is 1.93. The van der Waals surface area contributed by atoms with Gasteiger partial charge in [0.1, 0.15) is 5.75 Å². The summed E-state index contributed by atoms with van der Waals surface area (Å²) in [5, 5.41) is 0. The van der Waals surface area contributed by atoms with E-state index in [0.717, 1.165) is 37.5 Å². The summed E-state index contributed by atoms with van der Waals surface area (Å²) in [6, 6.07) is 6.21. The van der Waals surface area contributed by atoms with Gasteiger partial charge in [-0.15, -0.1) is 0 Å². The fourth-order valence-corrected chi connectivity index (χ4v) is 2.56. The lowest BCUT2D eigenvalue weighted by atomic mass is 9.86. The van der Waals surface area contributed by atoms with Crippen molar-refractivity contribution in [3.63, 3.8) is 0 Å². The minimum absolute atomic E-state index is 0.0763. The fourth-order valence-electron chi connectivity index (χ4n) is 2.56. The van der Waals surface area contributed by atoms with Gasteiger partial charge in [0, 0.05) is 26.2 Å². The molecule has 0 saturated carbocycles. The van der Waals surface area contributed by atoms with E-state index in [4.69, 9.17) is 4.74 Å². The Hall–Kier alpha value is -1.55. The second kappa shape index (κ2) is 6.69. The second-order valence-electron chi connectivity index (χ2n) is 7.20. The molecule has 0 spiro atoms. The number of carbonyl (C=O) groups is 1.